The molecule has 4 nitrogen and oxygen atoms in total. The molecule has 0 aromatic rings. The number of likely N-dealkylation sites (N-methyl/N-ethyl adjacent to an activating group) is 1. The Morgan fingerprint density at radius 3 is 2.61 bits per heavy atom. The number of nitrogens with zero attached hydrogens (tertiary/aromatic N) is 2. The molecule has 0 N–H and O–H groups in total. The van der Waals surface area contributed by atoms with Crippen LogP contribution in [0.3, 0.4) is 0 Å². The lowest BCUT2D eigenvalue weighted by Crippen LogP contribution is -2.56. The van der Waals surface area contributed by atoms with E-state index in [2.05, 4.69) is 30.6 Å². The molecule has 4 heteroatoms. The number of carbonyl (C=O) groups is 1. The third kappa shape index (κ3) is 3.95. The summed E-state index contributed by atoms with van der Waals surface area (Å²) in [6.45, 7) is 10.7. The van der Waals surface area contributed by atoms with Crippen molar-refractivity contribution in [3.05, 3.63) is 0 Å². The molecule has 1 aliphatic rings. The molecular weight excluding hydrogens is 228 g/mol. The second-order valence-electron chi connectivity index (χ2n) is 5.15. The smallest absolute Gasteiger partial charge is 0.323 e. The summed E-state index contributed by atoms with van der Waals surface area (Å²) in [4.78, 5) is 16.7. The van der Waals surface area contributed by atoms with E-state index in [1.807, 2.05) is 0 Å². The van der Waals surface area contributed by atoms with Crippen LogP contribution in [0.25, 0.3) is 0 Å². The summed E-state index contributed by atoms with van der Waals surface area (Å²) in [5.41, 5.74) is 0. The quantitative estimate of drug-likeness (QED) is 0.678. The zero-order chi connectivity index (χ0) is 13.5. The number of esters is 1. The van der Waals surface area contributed by atoms with Gasteiger partial charge in [-0.05, 0) is 19.9 Å². The van der Waals surface area contributed by atoms with E-state index >= 15 is 0 Å². The summed E-state index contributed by atoms with van der Waals surface area (Å²) in [5, 5.41) is 0. The minimum atomic E-state index is -0.0689. The van der Waals surface area contributed by atoms with Gasteiger partial charge >= 0.3 is 5.97 Å². The van der Waals surface area contributed by atoms with Crippen LogP contribution in [0.1, 0.15) is 40.0 Å². The maximum absolute atomic E-state index is 11.9. The van der Waals surface area contributed by atoms with E-state index in [0.717, 1.165) is 45.4 Å². The van der Waals surface area contributed by atoms with Gasteiger partial charge in [0.05, 0.1) is 7.11 Å². The van der Waals surface area contributed by atoms with Crippen molar-refractivity contribution >= 4 is 5.97 Å². The Hall–Kier alpha value is -0.610. The van der Waals surface area contributed by atoms with E-state index in [1.165, 1.54) is 7.11 Å². The molecule has 0 radical (unpaired) electrons. The minimum Gasteiger partial charge on any atom is -0.468 e. The molecule has 1 saturated heterocycles. The van der Waals surface area contributed by atoms with E-state index in [1.54, 1.807) is 0 Å². The number of piperazine rings is 1. The van der Waals surface area contributed by atoms with E-state index in [9.17, 15) is 4.79 Å². The minimum absolute atomic E-state index is 0.0450. The molecule has 1 rings (SSSR count). The molecule has 2 atom stereocenters. The Balaban J connectivity index is 2.60. The van der Waals surface area contributed by atoms with E-state index in [-0.39, 0.29) is 12.0 Å². The lowest BCUT2D eigenvalue weighted by atomic mass is 10.1. The summed E-state index contributed by atoms with van der Waals surface area (Å²) >= 11 is 0. The van der Waals surface area contributed by atoms with E-state index in [4.69, 9.17) is 4.74 Å². The molecular formula is C14H28N2O2. The standard InChI is InChI=1S/C14H28N2O2/c1-5-7-8-13(14(17)18-4)16-10-9-15(6-2)12(3)11-16/h12-13H,5-11H2,1-4H3. The fraction of sp³-hybridized carbons (Fsp3) is 0.929. The summed E-state index contributed by atoms with van der Waals surface area (Å²) in [6.07, 6.45) is 3.13. The number of hydrogen-bond acceptors (Lipinski definition) is 4. The molecule has 0 bridgehead atoms. The molecule has 0 saturated carbocycles. The predicted molar refractivity (Wildman–Crippen MR) is 73.6 cm³/mol. The van der Waals surface area contributed by atoms with Gasteiger partial charge in [0, 0.05) is 25.7 Å². The van der Waals surface area contributed by atoms with Gasteiger partial charge in [-0.1, -0.05) is 26.7 Å². The molecule has 0 spiro atoms. The monoisotopic (exact) mass is 256 g/mol. The summed E-state index contributed by atoms with van der Waals surface area (Å²) in [5.74, 6) is -0.0689. The van der Waals surface area contributed by atoms with Gasteiger partial charge in [-0.15, -0.1) is 0 Å². The molecule has 18 heavy (non-hydrogen) atoms. The third-order valence-corrected chi connectivity index (χ3v) is 3.95. The van der Waals surface area contributed by atoms with Crippen molar-refractivity contribution in [2.24, 2.45) is 0 Å². The zero-order valence-corrected chi connectivity index (χ0v) is 12.3. The number of carbonyl (C=O) groups excluding carboxylic acids is 1. The molecule has 1 fully saturated rings. The Kier molecular flexibility index (Phi) is 6.65. The Bertz CT molecular complexity index is 258. The maximum atomic E-state index is 11.9. The number of methoxy groups -OCH3 is 1. The van der Waals surface area contributed by atoms with Crippen molar-refractivity contribution < 1.29 is 9.53 Å². The van der Waals surface area contributed by atoms with Gasteiger partial charge in [-0.25, -0.2) is 0 Å². The lowest BCUT2D eigenvalue weighted by molar-refractivity contribution is -0.148. The first-order valence-corrected chi connectivity index (χ1v) is 7.19. The van der Waals surface area contributed by atoms with Crippen LogP contribution < -0.4 is 0 Å². The van der Waals surface area contributed by atoms with Gasteiger partial charge in [0.2, 0.25) is 0 Å². The van der Waals surface area contributed by atoms with Crippen molar-refractivity contribution in [1.82, 2.24) is 9.80 Å². The van der Waals surface area contributed by atoms with Crippen molar-refractivity contribution in [1.29, 1.82) is 0 Å². The van der Waals surface area contributed by atoms with Gasteiger partial charge in [0.1, 0.15) is 6.04 Å². The van der Waals surface area contributed by atoms with E-state index in [0.29, 0.717) is 6.04 Å². The lowest BCUT2D eigenvalue weighted by Gasteiger charge is -2.42. The first-order chi connectivity index (χ1) is 8.63. The van der Waals surface area contributed by atoms with Crippen LogP contribution in [0.4, 0.5) is 0 Å². The van der Waals surface area contributed by atoms with Crippen molar-refractivity contribution in [2.45, 2.75) is 52.1 Å². The molecule has 0 aliphatic carbocycles. The number of ether oxygens (including phenoxy) is 1. The number of rotatable bonds is 6. The van der Waals surface area contributed by atoms with Crippen LogP contribution in [0.5, 0.6) is 0 Å². The molecule has 2 unspecified atom stereocenters. The highest BCUT2D eigenvalue weighted by Crippen LogP contribution is 2.16. The number of unbranched alkanes of at least 4 members (excludes halogenated alkanes) is 1. The summed E-state index contributed by atoms with van der Waals surface area (Å²) < 4.78 is 4.96. The zero-order valence-electron chi connectivity index (χ0n) is 12.3. The largest absolute Gasteiger partial charge is 0.468 e. The van der Waals surface area contributed by atoms with Crippen molar-refractivity contribution in [3.63, 3.8) is 0 Å². The van der Waals surface area contributed by atoms with Crippen molar-refractivity contribution in [3.8, 4) is 0 Å². The highest BCUT2D eigenvalue weighted by atomic mass is 16.5. The first kappa shape index (κ1) is 15.4. The fourth-order valence-electron chi connectivity index (χ4n) is 2.76. The molecule has 1 heterocycles. The molecule has 106 valence electrons. The third-order valence-electron chi connectivity index (χ3n) is 3.95. The van der Waals surface area contributed by atoms with Crippen LogP contribution >= 0.6 is 0 Å². The molecule has 0 aromatic heterocycles. The highest BCUT2D eigenvalue weighted by molar-refractivity contribution is 5.75. The predicted octanol–water partition coefficient (Wildman–Crippen LogP) is 1.74. The van der Waals surface area contributed by atoms with Crippen LogP contribution in [-0.4, -0.2) is 61.1 Å². The van der Waals surface area contributed by atoms with Gasteiger partial charge in [-0.3, -0.25) is 14.6 Å². The van der Waals surface area contributed by atoms with Gasteiger partial charge in [-0.2, -0.15) is 0 Å². The number of hydrogen-bond donors (Lipinski definition) is 0. The molecule has 1 aliphatic heterocycles. The summed E-state index contributed by atoms with van der Waals surface area (Å²) in [7, 11) is 1.49. The normalized spacial score (nSPS) is 23.9. The first-order valence-electron chi connectivity index (χ1n) is 7.19. The maximum Gasteiger partial charge on any atom is 0.323 e. The van der Waals surface area contributed by atoms with Gasteiger partial charge in [0.15, 0.2) is 0 Å². The molecule has 0 aromatic carbocycles. The van der Waals surface area contributed by atoms with Crippen LogP contribution in [0.2, 0.25) is 0 Å². The topological polar surface area (TPSA) is 32.8 Å². The SMILES string of the molecule is CCCCC(C(=O)OC)N1CCN(CC)C(C)C1. The van der Waals surface area contributed by atoms with Crippen LogP contribution in [-0.2, 0) is 9.53 Å². The van der Waals surface area contributed by atoms with E-state index < -0.39 is 0 Å². The molecule has 0 amide bonds. The van der Waals surface area contributed by atoms with Crippen LogP contribution in [0, 0.1) is 0 Å². The fourth-order valence-corrected chi connectivity index (χ4v) is 2.76. The summed E-state index contributed by atoms with van der Waals surface area (Å²) in [6, 6.07) is 0.480. The Labute approximate surface area is 111 Å². The highest BCUT2D eigenvalue weighted by Gasteiger charge is 2.31. The average molecular weight is 256 g/mol. The Morgan fingerprint density at radius 1 is 1.39 bits per heavy atom. The second-order valence-corrected chi connectivity index (χ2v) is 5.15. The average Bonchev–Trinajstić information content (AvgIpc) is 2.39. The van der Waals surface area contributed by atoms with Gasteiger partial charge in [0.25, 0.3) is 0 Å². The van der Waals surface area contributed by atoms with Crippen LogP contribution in [0.15, 0.2) is 0 Å². The second kappa shape index (κ2) is 7.74. The van der Waals surface area contributed by atoms with Gasteiger partial charge < -0.3 is 4.74 Å². The Morgan fingerprint density at radius 2 is 2.11 bits per heavy atom. The van der Waals surface area contributed by atoms with Crippen molar-refractivity contribution in [2.75, 3.05) is 33.3 Å².